The molecule has 1 aromatic rings. The minimum Gasteiger partial charge on any atom is -0.383 e. The molecule has 0 saturated heterocycles. The van der Waals surface area contributed by atoms with Gasteiger partial charge in [0.25, 0.3) is 0 Å². The molecule has 0 aliphatic heterocycles. The van der Waals surface area contributed by atoms with Crippen LogP contribution in [0.3, 0.4) is 0 Å². The Morgan fingerprint density at radius 3 is 2.47 bits per heavy atom. The van der Waals surface area contributed by atoms with Crippen LogP contribution in [0, 0.1) is 13.8 Å². The Balaban J connectivity index is 3.11. The van der Waals surface area contributed by atoms with Crippen LogP contribution in [-0.2, 0) is 14.8 Å². The summed E-state index contributed by atoms with van der Waals surface area (Å²) in [5.74, 6) is 0.258. The molecule has 19 heavy (non-hydrogen) atoms. The van der Waals surface area contributed by atoms with Gasteiger partial charge in [-0.25, -0.2) is 8.42 Å². The van der Waals surface area contributed by atoms with E-state index in [0.29, 0.717) is 18.0 Å². The molecule has 4 nitrogen and oxygen atoms in total. The maximum atomic E-state index is 12.6. The molecular weight excluding hydrogens is 286 g/mol. The van der Waals surface area contributed by atoms with E-state index in [0.717, 1.165) is 11.1 Å². The Hall–Kier alpha value is -0.620. The highest BCUT2D eigenvalue weighted by atomic mass is 35.5. The zero-order valence-corrected chi connectivity index (χ0v) is 13.1. The summed E-state index contributed by atoms with van der Waals surface area (Å²) in [5, 5.41) is 0. The second kappa shape index (κ2) is 7.24. The van der Waals surface area contributed by atoms with Gasteiger partial charge < -0.3 is 4.74 Å². The van der Waals surface area contributed by atoms with Crippen molar-refractivity contribution < 1.29 is 13.2 Å². The van der Waals surface area contributed by atoms with Gasteiger partial charge in [0, 0.05) is 26.1 Å². The lowest BCUT2D eigenvalue weighted by atomic mass is 10.2. The first-order valence-electron chi connectivity index (χ1n) is 6.05. The number of rotatable bonds is 7. The fourth-order valence-electron chi connectivity index (χ4n) is 1.87. The van der Waals surface area contributed by atoms with Crippen LogP contribution in [0.25, 0.3) is 0 Å². The van der Waals surface area contributed by atoms with Crippen molar-refractivity contribution >= 4 is 21.6 Å². The predicted molar refractivity (Wildman–Crippen MR) is 77.3 cm³/mol. The van der Waals surface area contributed by atoms with Gasteiger partial charge in [-0.2, -0.15) is 4.31 Å². The SMILES string of the molecule is COCCN(CCCl)S(=O)(=O)c1ccc(C)cc1C. The number of nitrogens with zero attached hydrogens (tertiary/aromatic N) is 1. The second-order valence-corrected chi connectivity index (χ2v) is 6.64. The third-order valence-corrected chi connectivity index (χ3v) is 5.05. The van der Waals surface area contributed by atoms with E-state index in [-0.39, 0.29) is 12.4 Å². The number of benzene rings is 1. The minimum atomic E-state index is -3.51. The average Bonchev–Trinajstić information content (AvgIpc) is 2.33. The highest BCUT2D eigenvalue weighted by molar-refractivity contribution is 7.89. The summed E-state index contributed by atoms with van der Waals surface area (Å²) >= 11 is 5.69. The van der Waals surface area contributed by atoms with E-state index in [9.17, 15) is 8.42 Å². The molecule has 0 aromatic heterocycles. The van der Waals surface area contributed by atoms with Gasteiger partial charge in [0.2, 0.25) is 10.0 Å². The van der Waals surface area contributed by atoms with Gasteiger partial charge in [-0.15, -0.1) is 11.6 Å². The first-order chi connectivity index (χ1) is 8.93. The minimum absolute atomic E-state index is 0.258. The molecule has 108 valence electrons. The van der Waals surface area contributed by atoms with E-state index in [2.05, 4.69) is 0 Å². The fourth-order valence-corrected chi connectivity index (χ4v) is 3.80. The Labute approximate surface area is 120 Å². The Kier molecular flexibility index (Phi) is 6.26. The highest BCUT2D eigenvalue weighted by Crippen LogP contribution is 2.20. The van der Waals surface area contributed by atoms with Crippen molar-refractivity contribution in [2.45, 2.75) is 18.7 Å². The zero-order valence-electron chi connectivity index (χ0n) is 11.5. The molecule has 0 atom stereocenters. The van der Waals surface area contributed by atoms with Crippen LogP contribution < -0.4 is 0 Å². The molecule has 1 rings (SSSR count). The number of alkyl halides is 1. The van der Waals surface area contributed by atoms with E-state index < -0.39 is 10.0 Å². The molecule has 1 aromatic carbocycles. The predicted octanol–water partition coefficient (Wildman–Crippen LogP) is 2.18. The molecule has 0 spiro atoms. The van der Waals surface area contributed by atoms with Crippen LogP contribution in [0.2, 0.25) is 0 Å². The third kappa shape index (κ3) is 4.18. The van der Waals surface area contributed by atoms with Crippen LogP contribution in [0.5, 0.6) is 0 Å². The van der Waals surface area contributed by atoms with Gasteiger partial charge >= 0.3 is 0 Å². The molecule has 0 aliphatic rings. The van der Waals surface area contributed by atoms with Crippen molar-refractivity contribution in [3.05, 3.63) is 29.3 Å². The molecule has 6 heteroatoms. The number of methoxy groups -OCH3 is 1. The number of hydrogen-bond acceptors (Lipinski definition) is 3. The maximum Gasteiger partial charge on any atom is 0.243 e. The van der Waals surface area contributed by atoms with Gasteiger partial charge in [-0.05, 0) is 25.5 Å². The number of ether oxygens (including phenoxy) is 1. The van der Waals surface area contributed by atoms with E-state index in [1.54, 1.807) is 26.2 Å². The van der Waals surface area contributed by atoms with Crippen molar-refractivity contribution in [3.63, 3.8) is 0 Å². The van der Waals surface area contributed by atoms with Crippen molar-refractivity contribution in [1.82, 2.24) is 4.31 Å². The van der Waals surface area contributed by atoms with Crippen molar-refractivity contribution in [2.24, 2.45) is 0 Å². The van der Waals surface area contributed by atoms with Crippen LogP contribution in [0.15, 0.2) is 23.1 Å². The average molecular weight is 306 g/mol. The van der Waals surface area contributed by atoms with Crippen LogP contribution in [-0.4, -0.2) is 45.4 Å². The summed E-state index contributed by atoms with van der Waals surface area (Å²) in [6.07, 6.45) is 0. The van der Waals surface area contributed by atoms with Crippen LogP contribution >= 0.6 is 11.6 Å². The first kappa shape index (κ1) is 16.4. The summed E-state index contributed by atoms with van der Waals surface area (Å²) in [4.78, 5) is 0.333. The molecule has 0 unspecified atom stereocenters. The Morgan fingerprint density at radius 2 is 1.95 bits per heavy atom. The molecule has 0 N–H and O–H groups in total. The van der Waals surface area contributed by atoms with Gasteiger partial charge in [-0.1, -0.05) is 17.7 Å². The van der Waals surface area contributed by atoms with E-state index in [1.165, 1.54) is 4.31 Å². The molecule has 0 bridgehead atoms. The monoisotopic (exact) mass is 305 g/mol. The number of sulfonamides is 1. The molecule has 0 fully saturated rings. The first-order valence-corrected chi connectivity index (χ1v) is 8.03. The van der Waals surface area contributed by atoms with Crippen molar-refractivity contribution in [3.8, 4) is 0 Å². The summed E-state index contributed by atoms with van der Waals surface area (Å²) in [6.45, 7) is 4.67. The van der Waals surface area contributed by atoms with Gasteiger partial charge in [0.1, 0.15) is 0 Å². The fraction of sp³-hybridized carbons (Fsp3) is 0.538. The standard InChI is InChI=1S/C13H20ClNO3S/c1-11-4-5-13(12(2)10-11)19(16,17)15(7-6-14)8-9-18-3/h4-5,10H,6-9H2,1-3H3. The maximum absolute atomic E-state index is 12.6. The summed E-state index contributed by atoms with van der Waals surface area (Å²) < 4.78 is 31.5. The molecular formula is C13H20ClNO3S. The zero-order chi connectivity index (χ0) is 14.5. The summed E-state index contributed by atoms with van der Waals surface area (Å²) in [5.41, 5.74) is 1.79. The van der Waals surface area contributed by atoms with Crippen molar-refractivity contribution in [1.29, 1.82) is 0 Å². The molecule has 0 amide bonds. The highest BCUT2D eigenvalue weighted by Gasteiger charge is 2.25. The molecule has 0 saturated carbocycles. The Morgan fingerprint density at radius 1 is 1.26 bits per heavy atom. The van der Waals surface area contributed by atoms with E-state index in [1.807, 2.05) is 13.0 Å². The normalized spacial score (nSPS) is 12.1. The van der Waals surface area contributed by atoms with Gasteiger partial charge in [0.15, 0.2) is 0 Å². The summed E-state index contributed by atoms with van der Waals surface area (Å²) in [7, 11) is -1.97. The van der Waals surface area contributed by atoms with E-state index in [4.69, 9.17) is 16.3 Å². The number of hydrogen-bond donors (Lipinski definition) is 0. The molecule has 0 radical (unpaired) electrons. The van der Waals surface area contributed by atoms with E-state index >= 15 is 0 Å². The Bertz CT molecular complexity index is 517. The van der Waals surface area contributed by atoms with Crippen LogP contribution in [0.1, 0.15) is 11.1 Å². The van der Waals surface area contributed by atoms with Gasteiger partial charge in [0.05, 0.1) is 11.5 Å². The molecule has 0 heterocycles. The summed E-state index contributed by atoms with van der Waals surface area (Å²) in [6, 6.07) is 5.31. The number of aryl methyl sites for hydroxylation is 2. The quantitative estimate of drug-likeness (QED) is 0.725. The lowest BCUT2D eigenvalue weighted by molar-refractivity contribution is 0.180. The lowest BCUT2D eigenvalue weighted by Gasteiger charge is -2.22. The third-order valence-electron chi connectivity index (χ3n) is 2.83. The topological polar surface area (TPSA) is 46.6 Å². The smallest absolute Gasteiger partial charge is 0.243 e. The second-order valence-electron chi connectivity index (χ2n) is 4.35. The number of halogens is 1. The largest absolute Gasteiger partial charge is 0.383 e. The van der Waals surface area contributed by atoms with Crippen molar-refractivity contribution in [2.75, 3.05) is 32.7 Å². The molecule has 0 aliphatic carbocycles. The van der Waals surface area contributed by atoms with Gasteiger partial charge in [-0.3, -0.25) is 0 Å². The lowest BCUT2D eigenvalue weighted by Crippen LogP contribution is -2.35. The van der Waals surface area contributed by atoms with Crippen LogP contribution in [0.4, 0.5) is 0 Å².